The van der Waals surface area contributed by atoms with Crippen LogP contribution in [-0.4, -0.2) is 29.8 Å². The number of nitrogens with zero attached hydrogens (tertiary/aromatic N) is 1. The summed E-state index contributed by atoms with van der Waals surface area (Å²) in [5.74, 6) is -0.430. The van der Waals surface area contributed by atoms with Crippen molar-refractivity contribution in [2.24, 2.45) is 5.92 Å². The van der Waals surface area contributed by atoms with E-state index in [0.717, 1.165) is 19.4 Å². The highest BCUT2D eigenvalue weighted by atomic mass is 35.5. The maximum absolute atomic E-state index is 12.2. The number of hydrogen-bond acceptors (Lipinski definition) is 2. The highest BCUT2D eigenvalue weighted by molar-refractivity contribution is 6.35. The highest BCUT2D eigenvalue weighted by Crippen LogP contribution is 2.24. The van der Waals surface area contributed by atoms with E-state index >= 15 is 0 Å². The Morgan fingerprint density at radius 1 is 1.33 bits per heavy atom. The van der Waals surface area contributed by atoms with Crippen LogP contribution in [0.4, 0.5) is 5.69 Å². The number of carbonyl (C=O) groups excluding carboxylic acids is 2. The Morgan fingerprint density at radius 2 is 2.00 bits per heavy atom. The SMILES string of the molecule is CCCCN1CC(C(=O)Nc2cc(Cl)cc(Cl)c2)CC1=O. The van der Waals surface area contributed by atoms with Crippen LogP contribution in [0.1, 0.15) is 26.2 Å². The molecule has 1 fully saturated rings. The molecule has 1 N–H and O–H groups in total. The summed E-state index contributed by atoms with van der Waals surface area (Å²) in [7, 11) is 0. The normalized spacial score (nSPS) is 18.1. The third-order valence-corrected chi connectivity index (χ3v) is 3.93. The van der Waals surface area contributed by atoms with Gasteiger partial charge in [0.1, 0.15) is 0 Å². The molecule has 1 aromatic carbocycles. The molecule has 1 heterocycles. The lowest BCUT2D eigenvalue weighted by Gasteiger charge is -2.16. The monoisotopic (exact) mass is 328 g/mol. The molecule has 1 aromatic rings. The van der Waals surface area contributed by atoms with Gasteiger partial charge in [0, 0.05) is 35.2 Å². The van der Waals surface area contributed by atoms with Crippen LogP contribution in [0.3, 0.4) is 0 Å². The van der Waals surface area contributed by atoms with Crippen molar-refractivity contribution < 1.29 is 9.59 Å². The van der Waals surface area contributed by atoms with Gasteiger partial charge < -0.3 is 10.2 Å². The molecule has 0 bridgehead atoms. The van der Waals surface area contributed by atoms with Gasteiger partial charge in [-0.2, -0.15) is 0 Å². The van der Waals surface area contributed by atoms with Crippen LogP contribution in [0, 0.1) is 5.92 Å². The predicted octanol–water partition coefficient (Wildman–Crippen LogP) is 3.58. The summed E-state index contributed by atoms with van der Waals surface area (Å²) >= 11 is 11.8. The molecule has 0 aliphatic carbocycles. The van der Waals surface area contributed by atoms with E-state index in [1.54, 1.807) is 23.1 Å². The number of benzene rings is 1. The second-order valence-electron chi connectivity index (χ2n) is 5.24. The van der Waals surface area contributed by atoms with Crippen molar-refractivity contribution in [1.82, 2.24) is 4.90 Å². The summed E-state index contributed by atoms with van der Waals surface area (Å²) in [6.07, 6.45) is 2.26. The quantitative estimate of drug-likeness (QED) is 0.898. The van der Waals surface area contributed by atoms with Gasteiger partial charge in [-0.25, -0.2) is 0 Å². The largest absolute Gasteiger partial charge is 0.342 e. The van der Waals surface area contributed by atoms with Crippen LogP contribution in [0.5, 0.6) is 0 Å². The lowest BCUT2D eigenvalue weighted by Crippen LogP contribution is -2.29. The highest BCUT2D eigenvalue weighted by Gasteiger charge is 2.33. The van der Waals surface area contributed by atoms with Crippen molar-refractivity contribution >= 4 is 40.7 Å². The Hall–Kier alpha value is -1.26. The molecule has 2 amide bonds. The van der Waals surface area contributed by atoms with Gasteiger partial charge in [-0.15, -0.1) is 0 Å². The second kappa shape index (κ2) is 7.14. The van der Waals surface area contributed by atoms with Gasteiger partial charge in [-0.1, -0.05) is 36.5 Å². The van der Waals surface area contributed by atoms with Gasteiger partial charge >= 0.3 is 0 Å². The van der Waals surface area contributed by atoms with E-state index in [9.17, 15) is 9.59 Å². The van der Waals surface area contributed by atoms with Crippen molar-refractivity contribution in [1.29, 1.82) is 0 Å². The van der Waals surface area contributed by atoms with Crippen molar-refractivity contribution in [3.63, 3.8) is 0 Å². The van der Waals surface area contributed by atoms with Crippen molar-refractivity contribution in [2.75, 3.05) is 18.4 Å². The predicted molar refractivity (Wildman–Crippen MR) is 84.7 cm³/mol. The van der Waals surface area contributed by atoms with Crippen LogP contribution in [0.25, 0.3) is 0 Å². The Balaban J connectivity index is 1.96. The van der Waals surface area contributed by atoms with E-state index in [1.165, 1.54) is 0 Å². The summed E-state index contributed by atoms with van der Waals surface area (Å²) < 4.78 is 0. The summed E-state index contributed by atoms with van der Waals surface area (Å²) in [5, 5.41) is 3.70. The minimum atomic E-state index is -0.313. The van der Waals surface area contributed by atoms with Crippen LogP contribution in [-0.2, 0) is 9.59 Å². The zero-order valence-corrected chi connectivity index (χ0v) is 13.4. The third-order valence-electron chi connectivity index (χ3n) is 3.50. The minimum Gasteiger partial charge on any atom is -0.342 e. The molecule has 114 valence electrons. The Labute approximate surface area is 134 Å². The lowest BCUT2D eigenvalue weighted by atomic mass is 10.1. The van der Waals surface area contributed by atoms with Gasteiger partial charge in [0.25, 0.3) is 0 Å². The van der Waals surface area contributed by atoms with E-state index < -0.39 is 0 Å². The lowest BCUT2D eigenvalue weighted by molar-refractivity contribution is -0.128. The van der Waals surface area contributed by atoms with Gasteiger partial charge in [0.15, 0.2) is 0 Å². The fraction of sp³-hybridized carbons (Fsp3) is 0.467. The molecule has 4 nitrogen and oxygen atoms in total. The number of nitrogens with one attached hydrogen (secondary N) is 1. The van der Waals surface area contributed by atoms with Gasteiger partial charge in [0.2, 0.25) is 11.8 Å². The van der Waals surface area contributed by atoms with E-state index in [-0.39, 0.29) is 24.2 Å². The number of carbonyl (C=O) groups is 2. The Morgan fingerprint density at radius 3 is 2.62 bits per heavy atom. The van der Waals surface area contributed by atoms with Crippen LogP contribution < -0.4 is 5.32 Å². The van der Waals surface area contributed by atoms with E-state index in [0.29, 0.717) is 22.3 Å². The standard InChI is InChI=1S/C15H18Cl2N2O2/c1-2-3-4-19-9-10(5-14(19)20)15(21)18-13-7-11(16)6-12(17)8-13/h6-8,10H,2-5,9H2,1H3,(H,18,21). The summed E-state index contributed by atoms with van der Waals surface area (Å²) in [5.41, 5.74) is 0.553. The number of amides is 2. The molecule has 0 saturated carbocycles. The van der Waals surface area contributed by atoms with E-state index in [2.05, 4.69) is 12.2 Å². The summed E-state index contributed by atoms with van der Waals surface area (Å²) in [6.45, 7) is 3.29. The second-order valence-corrected chi connectivity index (χ2v) is 6.11. The molecule has 6 heteroatoms. The van der Waals surface area contributed by atoms with Crippen LogP contribution >= 0.6 is 23.2 Å². The fourth-order valence-corrected chi connectivity index (χ4v) is 2.91. The minimum absolute atomic E-state index is 0.0488. The number of anilines is 1. The van der Waals surface area contributed by atoms with Crippen LogP contribution in [0.15, 0.2) is 18.2 Å². The maximum atomic E-state index is 12.2. The third kappa shape index (κ3) is 4.35. The van der Waals surface area contributed by atoms with Crippen molar-refractivity contribution in [3.8, 4) is 0 Å². The first-order valence-electron chi connectivity index (χ1n) is 7.04. The molecule has 1 aliphatic rings. The molecule has 2 rings (SSSR count). The molecule has 1 atom stereocenters. The number of unbranched alkanes of at least 4 members (excludes halogenated alkanes) is 1. The zero-order chi connectivity index (χ0) is 15.4. The molecular weight excluding hydrogens is 311 g/mol. The maximum Gasteiger partial charge on any atom is 0.229 e. The number of likely N-dealkylation sites (tertiary alicyclic amines) is 1. The number of hydrogen-bond donors (Lipinski definition) is 1. The topological polar surface area (TPSA) is 49.4 Å². The smallest absolute Gasteiger partial charge is 0.229 e. The molecule has 0 aromatic heterocycles. The first kappa shape index (κ1) is 16.1. The summed E-state index contributed by atoms with van der Waals surface area (Å²) in [4.78, 5) is 25.8. The Bertz CT molecular complexity index is 528. The molecule has 21 heavy (non-hydrogen) atoms. The van der Waals surface area contributed by atoms with Crippen LogP contribution in [0.2, 0.25) is 10.0 Å². The first-order valence-corrected chi connectivity index (χ1v) is 7.80. The summed E-state index contributed by atoms with van der Waals surface area (Å²) in [6, 6.07) is 4.87. The molecule has 1 unspecified atom stereocenters. The molecule has 1 saturated heterocycles. The van der Waals surface area contributed by atoms with Gasteiger partial charge in [0.05, 0.1) is 5.92 Å². The van der Waals surface area contributed by atoms with Gasteiger partial charge in [-0.3, -0.25) is 9.59 Å². The fourth-order valence-electron chi connectivity index (χ4n) is 2.38. The Kier molecular flexibility index (Phi) is 5.48. The number of rotatable bonds is 5. The zero-order valence-electron chi connectivity index (χ0n) is 11.9. The molecular formula is C15H18Cl2N2O2. The average molecular weight is 329 g/mol. The van der Waals surface area contributed by atoms with Crippen molar-refractivity contribution in [3.05, 3.63) is 28.2 Å². The van der Waals surface area contributed by atoms with Crippen molar-refractivity contribution in [2.45, 2.75) is 26.2 Å². The molecule has 0 spiro atoms. The van der Waals surface area contributed by atoms with Gasteiger partial charge in [-0.05, 0) is 24.6 Å². The molecule has 1 aliphatic heterocycles. The van der Waals surface area contributed by atoms with E-state index in [4.69, 9.17) is 23.2 Å². The van der Waals surface area contributed by atoms with E-state index in [1.807, 2.05) is 0 Å². The first-order chi connectivity index (χ1) is 9.99. The molecule has 0 radical (unpaired) electrons. The number of halogens is 2. The average Bonchev–Trinajstić information content (AvgIpc) is 2.76.